The number of ether oxygens (including phenoxy) is 1. The average molecular weight is 496 g/mol. The highest BCUT2D eigenvalue weighted by atomic mass is 79.9. The van der Waals surface area contributed by atoms with Crippen LogP contribution in [-0.4, -0.2) is 69.1 Å². The maximum Gasteiger partial charge on any atom is 0.254 e. The number of halogens is 1. The molecule has 0 radical (unpaired) electrons. The minimum absolute atomic E-state index is 0.109. The largest absolute Gasteiger partial charge is 0.497 e. The van der Waals surface area contributed by atoms with Crippen LogP contribution in [0.25, 0.3) is 0 Å². The number of methoxy groups -OCH3 is 1. The Kier molecular flexibility index (Phi) is 7.87. The van der Waals surface area contributed by atoms with Crippen molar-refractivity contribution in [3.63, 3.8) is 0 Å². The fourth-order valence-electron chi connectivity index (χ4n) is 3.30. The Morgan fingerprint density at radius 1 is 1.17 bits per heavy atom. The lowest BCUT2D eigenvalue weighted by Crippen LogP contribution is -2.48. The Hall–Kier alpha value is -1.94. The van der Waals surface area contributed by atoms with E-state index in [1.54, 1.807) is 36.3 Å². The number of rotatable bonds is 8. The molecule has 1 heterocycles. The molecular weight excluding hydrogens is 470 g/mol. The lowest BCUT2D eigenvalue weighted by atomic mass is 10.1. The molecule has 1 fully saturated rings. The predicted octanol–water partition coefficient (Wildman–Crippen LogP) is 2.34. The smallest absolute Gasteiger partial charge is 0.254 e. The second-order valence-corrected chi connectivity index (χ2v) is 10.1. The van der Waals surface area contributed by atoms with Crippen LogP contribution in [0.3, 0.4) is 0 Å². The quantitative estimate of drug-likeness (QED) is 0.607. The summed E-state index contributed by atoms with van der Waals surface area (Å²) in [6.45, 7) is 2.61. The molecule has 0 saturated carbocycles. The average Bonchev–Trinajstić information content (AvgIpc) is 2.77. The molecule has 9 heteroatoms. The van der Waals surface area contributed by atoms with Gasteiger partial charge >= 0.3 is 0 Å². The number of hydrogen-bond acceptors (Lipinski definition) is 5. The van der Waals surface area contributed by atoms with Crippen LogP contribution in [0.1, 0.15) is 15.9 Å². The zero-order valence-electron chi connectivity index (χ0n) is 16.9. The molecule has 1 aliphatic heterocycles. The van der Waals surface area contributed by atoms with Gasteiger partial charge in [-0.25, -0.2) is 8.42 Å². The molecule has 0 atom stereocenters. The van der Waals surface area contributed by atoms with Crippen LogP contribution in [0.5, 0.6) is 5.75 Å². The zero-order chi connectivity index (χ0) is 21.6. The third-order valence-electron chi connectivity index (χ3n) is 4.97. The lowest BCUT2D eigenvalue weighted by Gasteiger charge is -2.28. The number of sulfonamides is 1. The minimum atomic E-state index is -3.44. The summed E-state index contributed by atoms with van der Waals surface area (Å²) in [5.41, 5.74) is 1.39. The Bertz CT molecular complexity index is 960. The molecule has 2 aromatic rings. The van der Waals surface area contributed by atoms with E-state index in [-0.39, 0.29) is 18.2 Å². The van der Waals surface area contributed by atoms with Crippen LogP contribution in [-0.2, 0) is 16.6 Å². The third kappa shape index (κ3) is 6.04. The van der Waals surface area contributed by atoms with Crippen molar-refractivity contribution in [3.05, 3.63) is 64.1 Å². The number of carbonyl (C=O) groups excluding carboxylic acids is 1. The second-order valence-electron chi connectivity index (χ2n) is 7.05. The number of hydrogen-bond donors (Lipinski definition) is 1. The normalized spacial score (nSPS) is 15.0. The Balaban J connectivity index is 1.79. The molecule has 162 valence electrons. The van der Waals surface area contributed by atoms with Gasteiger partial charge in [-0.05, 0) is 42.0 Å². The molecule has 7 nitrogen and oxygen atoms in total. The number of nitrogens with zero attached hydrogens (tertiary/aromatic N) is 2. The van der Waals surface area contributed by atoms with Crippen molar-refractivity contribution in [2.45, 2.75) is 6.54 Å². The highest BCUT2D eigenvalue weighted by molar-refractivity contribution is 9.10. The fourth-order valence-corrected chi connectivity index (χ4v) is 5.01. The summed E-state index contributed by atoms with van der Waals surface area (Å²) in [5, 5.41) is 3.15. The van der Waals surface area contributed by atoms with E-state index in [1.165, 1.54) is 4.31 Å². The van der Waals surface area contributed by atoms with Gasteiger partial charge in [0.05, 0.1) is 12.9 Å². The first kappa shape index (κ1) is 22.7. The standard InChI is InChI=1S/C21H26BrN3O4S/c1-29-20-4-2-3-17(15-20)16-24(21(26)18-5-7-19(22)8-6-18)13-14-30(27,28)25-11-9-23-10-12-25/h2-8,15,23H,9-14,16H2,1H3. The van der Waals surface area contributed by atoms with Crippen molar-refractivity contribution in [1.29, 1.82) is 0 Å². The number of benzene rings is 2. The fraction of sp³-hybridized carbons (Fsp3) is 0.381. The van der Waals surface area contributed by atoms with Crippen molar-refractivity contribution >= 4 is 31.9 Å². The molecule has 1 N–H and O–H groups in total. The van der Waals surface area contributed by atoms with Gasteiger partial charge in [0.2, 0.25) is 10.0 Å². The predicted molar refractivity (Wildman–Crippen MR) is 120 cm³/mol. The van der Waals surface area contributed by atoms with Gasteiger partial charge in [0.25, 0.3) is 5.91 Å². The van der Waals surface area contributed by atoms with Gasteiger partial charge in [-0.15, -0.1) is 0 Å². The SMILES string of the molecule is COc1cccc(CN(CCS(=O)(=O)N2CCNCC2)C(=O)c2ccc(Br)cc2)c1. The molecule has 2 aromatic carbocycles. The van der Waals surface area contributed by atoms with Gasteiger partial charge < -0.3 is 15.0 Å². The molecule has 1 saturated heterocycles. The van der Waals surface area contributed by atoms with E-state index in [0.29, 0.717) is 44.0 Å². The van der Waals surface area contributed by atoms with Gasteiger partial charge in [-0.2, -0.15) is 4.31 Å². The van der Waals surface area contributed by atoms with Crippen LogP contribution >= 0.6 is 15.9 Å². The van der Waals surface area contributed by atoms with Crippen LogP contribution < -0.4 is 10.1 Å². The summed E-state index contributed by atoms with van der Waals surface area (Å²) in [6.07, 6.45) is 0. The number of amides is 1. The van der Waals surface area contributed by atoms with E-state index < -0.39 is 10.0 Å². The maximum atomic E-state index is 13.2. The summed E-state index contributed by atoms with van der Waals surface area (Å²) in [5.74, 6) is 0.372. The highest BCUT2D eigenvalue weighted by Crippen LogP contribution is 2.18. The van der Waals surface area contributed by atoms with E-state index in [4.69, 9.17) is 4.74 Å². The number of piperazine rings is 1. The molecular formula is C21H26BrN3O4S. The van der Waals surface area contributed by atoms with Gasteiger partial charge in [-0.3, -0.25) is 4.79 Å². The molecule has 3 rings (SSSR count). The van der Waals surface area contributed by atoms with Crippen molar-refractivity contribution in [2.24, 2.45) is 0 Å². The summed E-state index contributed by atoms with van der Waals surface area (Å²) >= 11 is 3.37. The Morgan fingerprint density at radius 2 is 1.87 bits per heavy atom. The highest BCUT2D eigenvalue weighted by Gasteiger charge is 2.26. The summed E-state index contributed by atoms with van der Waals surface area (Å²) in [7, 11) is -1.85. The number of carbonyl (C=O) groups is 1. The van der Waals surface area contributed by atoms with E-state index in [0.717, 1.165) is 10.0 Å². The number of nitrogens with one attached hydrogen (secondary N) is 1. The van der Waals surface area contributed by atoms with Gasteiger partial charge in [0, 0.05) is 49.3 Å². The molecule has 30 heavy (non-hydrogen) atoms. The van der Waals surface area contributed by atoms with Crippen molar-refractivity contribution in [2.75, 3.05) is 45.6 Å². The van der Waals surface area contributed by atoms with E-state index in [1.807, 2.05) is 24.3 Å². The van der Waals surface area contributed by atoms with Crippen LogP contribution in [0.4, 0.5) is 0 Å². The lowest BCUT2D eigenvalue weighted by molar-refractivity contribution is 0.0753. The van der Waals surface area contributed by atoms with E-state index >= 15 is 0 Å². The van der Waals surface area contributed by atoms with Crippen molar-refractivity contribution in [1.82, 2.24) is 14.5 Å². The van der Waals surface area contributed by atoms with Gasteiger partial charge in [0.15, 0.2) is 0 Å². The first-order chi connectivity index (χ1) is 14.4. The maximum absolute atomic E-state index is 13.2. The molecule has 0 unspecified atom stereocenters. The van der Waals surface area contributed by atoms with Crippen LogP contribution in [0, 0.1) is 0 Å². The topological polar surface area (TPSA) is 79.0 Å². The summed E-state index contributed by atoms with van der Waals surface area (Å²) < 4.78 is 33.2. The first-order valence-electron chi connectivity index (χ1n) is 9.75. The second kappa shape index (κ2) is 10.4. The van der Waals surface area contributed by atoms with Crippen LogP contribution in [0.2, 0.25) is 0 Å². The zero-order valence-corrected chi connectivity index (χ0v) is 19.3. The van der Waals surface area contributed by atoms with Crippen molar-refractivity contribution in [3.8, 4) is 5.75 Å². The Labute approximate surface area is 186 Å². The van der Waals surface area contributed by atoms with E-state index in [2.05, 4.69) is 21.2 Å². The van der Waals surface area contributed by atoms with Gasteiger partial charge in [-0.1, -0.05) is 28.1 Å². The monoisotopic (exact) mass is 495 g/mol. The van der Waals surface area contributed by atoms with Crippen molar-refractivity contribution < 1.29 is 17.9 Å². The first-order valence-corrected chi connectivity index (χ1v) is 12.2. The van der Waals surface area contributed by atoms with E-state index in [9.17, 15) is 13.2 Å². The molecule has 0 aliphatic carbocycles. The van der Waals surface area contributed by atoms with Gasteiger partial charge in [0.1, 0.15) is 5.75 Å². The molecule has 0 aromatic heterocycles. The third-order valence-corrected chi connectivity index (χ3v) is 7.35. The summed E-state index contributed by atoms with van der Waals surface area (Å²) in [6, 6.07) is 14.5. The molecule has 1 amide bonds. The van der Waals surface area contributed by atoms with Crippen LogP contribution in [0.15, 0.2) is 53.0 Å². The minimum Gasteiger partial charge on any atom is -0.497 e. The summed E-state index contributed by atoms with van der Waals surface area (Å²) in [4.78, 5) is 14.8. The molecule has 0 bridgehead atoms. The molecule has 0 spiro atoms. The Morgan fingerprint density at radius 3 is 2.53 bits per heavy atom. The molecule has 1 aliphatic rings.